The number of alkyl halides is 2. The van der Waals surface area contributed by atoms with Crippen LogP contribution in [0.1, 0.15) is 17.7 Å². The SMILES string of the molecule is FC1(F)CCc2[nH]nc(Nc3ccc4cnccc4c3)c2C1. The molecule has 2 aromatic heterocycles. The quantitative estimate of drug-likeness (QED) is 0.756. The topological polar surface area (TPSA) is 53.6 Å². The van der Waals surface area contributed by atoms with Gasteiger partial charge in [0.15, 0.2) is 5.82 Å². The molecule has 112 valence electrons. The van der Waals surface area contributed by atoms with Crippen molar-refractivity contribution in [1.29, 1.82) is 0 Å². The molecular formula is C16H14F2N4. The van der Waals surface area contributed by atoms with E-state index in [-0.39, 0.29) is 12.8 Å². The van der Waals surface area contributed by atoms with E-state index in [1.54, 1.807) is 12.4 Å². The molecule has 0 unspecified atom stereocenters. The zero-order valence-electron chi connectivity index (χ0n) is 11.7. The standard InChI is InChI=1S/C16H14F2N4/c17-16(18)5-3-14-13(8-16)15(22-21-14)20-12-2-1-11-9-19-6-4-10(11)7-12/h1-2,4,6-7,9H,3,5,8H2,(H2,20,21,22). The third-order valence-corrected chi connectivity index (χ3v) is 4.03. The Morgan fingerprint density at radius 3 is 3.00 bits per heavy atom. The summed E-state index contributed by atoms with van der Waals surface area (Å²) in [4.78, 5) is 4.07. The third kappa shape index (κ3) is 2.30. The molecule has 2 N–H and O–H groups in total. The van der Waals surface area contributed by atoms with Gasteiger partial charge in [-0.3, -0.25) is 10.1 Å². The lowest BCUT2D eigenvalue weighted by Crippen LogP contribution is -2.25. The summed E-state index contributed by atoms with van der Waals surface area (Å²) in [5, 5.41) is 12.2. The van der Waals surface area contributed by atoms with Crippen LogP contribution in [0.5, 0.6) is 0 Å². The molecule has 3 aromatic rings. The number of pyridine rings is 1. The molecule has 0 saturated heterocycles. The second-order valence-corrected chi connectivity index (χ2v) is 5.62. The number of benzene rings is 1. The van der Waals surface area contributed by atoms with Crippen molar-refractivity contribution in [3.05, 3.63) is 47.9 Å². The predicted octanol–water partition coefficient (Wildman–Crippen LogP) is 3.83. The van der Waals surface area contributed by atoms with Crippen LogP contribution in [-0.4, -0.2) is 21.1 Å². The summed E-state index contributed by atoms with van der Waals surface area (Å²) in [5.74, 6) is -2.16. The lowest BCUT2D eigenvalue weighted by atomic mass is 9.94. The summed E-state index contributed by atoms with van der Waals surface area (Å²) >= 11 is 0. The maximum Gasteiger partial charge on any atom is 0.252 e. The largest absolute Gasteiger partial charge is 0.338 e. The molecule has 0 amide bonds. The van der Waals surface area contributed by atoms with Crippen LogP contribution < -0.4 is 5.32 Å². The number of halogens is 2. The van der Waals surface area contributed by atoms with E-state index >= 15 is 0 Å². The second-order valence-electron chi connectivity index (χ2n) is 5.62. The molecule has 1 aliphatic carbocycles. The lowest BCUT2D eigenvalue weighted by molar-refractivity contribution is -0.0123. The first-order valence-electron chi connectivity index (χ1n) is 7.15. The molecule has 4 rings (SSSR count). The number of aromatic nitrogens is 3. The van der Waals surface area contributed by atoms with Crippen molar-refractivity contribution >= 4 is 22.3 Å². The molecule has 0 fully saturated rings. The number of hydrogen-bond acceptors (Lipinski definition) is 3. The molecule has 0 bridgehead atoms. The molecule has 4 nitrogen and oxygen atoms in total. The Bertz CT molecular complexity index is 841. The number of anilines is 2. The summed E-state index contributed by atoms with van der Waals surface area (Å²) < 4.78 is 27.2. The van der Waals surface area contributed by atoms with Gasteiger partial charge in [-0.2, -0.15) is 5.10 Å². The monoisotopic (exact) mass is 300 g/mol. The van der Waals surface area contributed by atoms with Crippen molar-refractivity contribution in [3.8, 4) is 0 Å². The molecule has 0 radical (unpaired) electrons. The van der Waals surface area contributed by atoms with E-state index in [9.17, 15) is 8.78 Å². The number of fused-ring (bicyclic) bond motifs is 2. The van der Waals surface area contributed by atoms with Crippen molar-refractivity contribution < 1.29 is 8.78 Å². The maximum absolute atomic E-state index is 13.6. The summed E-state index contributed by atoms with van der Waals surface area (Å²) in [5.41, 5.74) is 2.21. The van der Waals surface area contributed by atoms with E-state index < -0.39 is 5.92 Å². The van der Waals surface area contributed by atoms with E-state index in [0.717, 1.165) is 22.2 Å². The first kappa shape index (κ1) is 13.2. The zero-order chi connectivity index (χ0) is 15.2. The minimum atomic E-state index is -2.65. The zero-order valence-corrected chi connectivity index (χ0v) is 11.7. The summed E-state index contributed by atoms with van der Waals surface area (Å²) in [6.45, 7) is 0. The predicted molar refractivity (Wildman–Crippen MR) is 80.6 cm³/mol. The molecule has 0 aliphatic heterocycles. The number of H-pyrrole nitrogens is 1. The van der Waals surface area contributed by atoms with Gasteiger partial charge in [0.25, 0.3) is 5.92 Å². The van der Waals surface area contributed by atoms with Crippen LogP contribution >= 0.6 is 0 Å². The van der Waals surface area contributed by atoms with Gasteiger partial charge in [0.1, 0.15) is 0 Å². The van der Waals surface area contributed by atoms with Crippen molar-refractivity contribution in [2.45, 2.75) is 25.2 Å². The normalized spacial score (nSPS) is 16.5. The van der Waals surface area contributed by atoms with Crippen LogP contribution in [0.2, 0.25) is 0 Å². The molecule has 0 atom stereocenters. The van der Waals surface area contributed by atoms with Crippen molar-refractivity contribution in [2.75, 3.05) is 5.32 Å². The average molecular weight is 300 g/mol. The third-order valence-electron chi connectivity index (χ3n) is 4.03. The lowest BCUT2D eigenvalue weighted by Gasteiger charge is -2.21. The van der Waals surface area contributed by atoms with Gasteiger partial charge in [0, 0.05) is 47.6 Å². The van der Waals surface area contributed by atoms with Gasteiger partial charge in [-0.05, 0) is 30.0 Å². The fourth-order valence-electron chi connectivity index (χ4n) is 2.85. The van der Waals surface area contributed by atoms with Crippen molar-refractivity contribution in [3.63, 3.8) is 0 Å². The van der Waals surface area contributed by atoms with E-state index in [0.29, 0.717) is 17.8 Å². The number of nitrogens with one attached hydrogen (secondary N) is 2. The highest BCUT2D eigenvalue weighted by Gasteiger charge is 2.36. The fraction of sp³-hybridized carbons (Fsp3) is 0.250. The summed E-state index contributed by atoms with van der Waals surface area (Å²) in [6, 6.07) is 7.71. The highest BCUT2D eigenvalue weighted by molar-refractivity contribution is 5.85. The Morgan fingerprint density at radius 1 is 1.18 bits per heavy atom. The van der Waals surface area contributed by atoms with E-state index in [2.05, 4.69) is 20.5 Å². The molecule has 0 saturated carbocycles. The van der Waals surface area contributed by atoms with Gasteiger partial charge < -0.3 is 5.32 Å². The Hall–Kier alpha value is -2.50. The van der Waals surface area contributed by atoms with E-state index in [1.807, 2.05) is 24.3 Å². The van der Waals surface area contributed by atoms with Gasteiger partial charge in [0.05, 0.1) is 0 Å². The van der Waals surface area contributed by atoms with E-state index in [4.69, 9.17) is 0 Å². The number of hydrogen-bond donors (Lipinski definition) is 2. The number of aromatic amines is 1. The van der Waals surface area contributed by atoms with Gasteiger partial charge in [-0.1, -0.05) is 6.07 Å². The van der Waals surface area contributed by atoms with Crippen molar-refractivity contribution in [2.24, 2.45) is 0 Å². The van der Waals surface area contributed by atoms with Crippen LogP contribution in [0, 0.1) is 0 Å². The molecule has 1 aromatic carbocycles. The first-order chi connectivity index (χ1) is 10.6. The molecule has 0 spiro atoms. The Balaban J connectivity index is 1.67. The summed E-state index contributed by atoms with van der Waals surface area (Å²) in [7, 11) is 0. The Kier molecular flexibility index (Phi) is 2.85. The minimum absolute atomic E-state index is 0.120. The highest BCUT2D eigenvalue weighted by Crippen LogP contribution is 2.36. The Labute approximate surface area is 125 Å². The maximum atomic E-state index is 13.6. The first-order valence-corrected chi connectivity index (χ1v) is 7.15. The number of nitrogens with zero attached hydrogens (tertiary/aromatic N) is 2. The van der Waals surface area contributed by atoms with E-state index in [1.165, 1.54) is 0 Å². The van der Waals surface area contributed by atoms with Crippen LogP contribution in [0.25, 0.3) is 10.8 Å². The van der Waals surface area contributed by atoms with Crippen LogP contribution in [-0.2, 0) is 12.8 Å². The van der Waals surface area contributed by atoms with Crippen LogP contribution in [0.15, 0.2) is 36.7 Å². The average Bonchev–Trinajstić information content (AvgIpc) is 2.88. The molecule has 1 aliphatic rings. The number of aryl methyl sites for hydroxylation is 1. The second kappa shape index (κ2) is 4.76. The smallest absolute Gasteiger partial charge is 0.252 e. The van der Waals surface area contributed by atoms with Crippen LogP contribution in [0.4, 0.5) is 20.3 Å². The van der Waals surface area contributed by atoms with Gasteiger partial charge in [-0.25, -0.2) is 8.78 Å². The molecule has 6 heteroatoms. The fourth-order valence-corrected chi connectivity index (χ4v) is 2.85. The van der Waals surface area contributed by atoms with Gasteiger partial charge in [0.2, 0.25) is 0 Å². The van der Waals surface area contributed by atoms with Crippen molar-refractivity contribution in [1.82, 2.24) is 15.2 Å². The highest BCUT2D eigenvalue weighted by atomic mass is 19.3. The minimum Gasteiger partial charge on any atom is -0.338 e. The van der Waals surface area contributed by atoms with Gasteiger partial charge in [-0.15, -0.1) is 0 Å². The van der Waals surface area contributed by atoms with Gasteiger partial charge >= 0.3 is 0 Å². The Morgan fingerprint density at radius 2 is 2.09 bits per heavy atom. The molecule has 2 heterocycles. The van der Waals surface area contributed by atoms with Crippen LogP contribution in [0.3, 0.4) is 0 Å². The summed E-state index contributed by atoms with van der Waals surface area (Å²) in [6.07, 6.45) is 3.46. The molecular weight excluding hydrogens is 286 g/mol. The number of rotatable bonds is 2. The molecule has 22 heavy (non-hydrogen) atoms.